The summed E-state index contributed by atoms with van der Waals surface area (Å²) in [7, 11) is 0. The van der Waals surface area contributed by atoms with Gasteiger partial charge >= 0.3 is 0 Å². The van der Waals surface area contributed by atoms with Crippen molar-refractivity contribution in [1.29, 1.82) is 0 Å². The van der Waals surface area contributed by atoms with Gasteiger partial charge in [-0.05, 0) is 38.1 Å². The zero-order chi connectivity index (χ0) is 18.9. The molecule has 0 bridgehead atoms. The third-order valence-corrected chi connectivity index (χ3v) is 6.32. The molecule has 0 amide bonds. The van der Waals surface area contributed by atoms with Crippen molar-refractivity contribution < 1.29 is 8.94 Å². The first kappa shape index (κ1) is 17.6. The van der Waals surface area contributed by atoms with Crippen LogP contribution in [0.15, 0.2) is 39.3 Å². The summed E-state index contributed by atoms with van der Waals surface area (Å²) in [5, 5.41) is 12.8. The third kappa shape index (κ3) is 3.37. The largest absolute Gasteiger partial charge is 0.419 e. The van der Waals surface area contributed by atoms with Crippen LogP contribution >= 0.6 is 0 Å². The van der Waals surface area contributed by atoms with Crippen molar-refractivity contribution in [2.24, 2.45) is 11.8 Å². The summed E-state index contributed by atoms with van der Waals surface area (Å²) in [4.78, 5) is 2.47. The van der Waals surface area contributed by atoms with Crippen LogP contribution in [0.3, 0.4) is 0 Å². The van der Waals surface area contributed by atoms with Gasteiger partial charge in [0.1, 0.15) is 17.0 Å². The lowest BCUT2D eigenvalue weighted by Gasteiger charge is -2.40. The zero-order valence-electron chi connectivity index (χ0n) is 16.3. The summed E-state index contributed by atoms with van der Waals surface area (Å²) in [6.45, 7) is 4.89. The molecule has 6 nitrogen and oxygen atoms in total. The molecule has 1 aliphatic heterocycles. The Morgan fingerprint density at radius 1 is 1.04 bits per heavy atom. The normalized spacial score (nSPS) is 22.9. The SMILES string of the molecule is Cc1onc(-c2ccccc2)c1-c1nnc(CN2CC[C@@H]3CCCC[C@@H]3C2)o1. The molecular weight excluding hydrogens is 352 g/mol. The topological polar surface area (TPSA) is 68.2 Å². The molecule has 2 aliphatic rings. The van der Waals surface area contributed by atoms with E-state index < -0.39 is 0 Å². The van der Waals surface area contributed by atoms with E-state index in [9.17, 15) is 0 Å². The van der Waals surface area contributed by atoms with Crippen molar-refractivity contribution in [2.75, 3.05) is 13.1 Å². The lowest BCUT2D eigenvalue weighted by molar-refractivity contribution is 0.0763. The first-order valence-electron chi connectivity index (χ1n) is 10.3. The second-order valence-electron chi connectivity index (χ2n) is 8.16. The molecule has 1 aliphatic carbocycles. The highest BCUT2D eigenvalue weighted by Crippen LogP contribution is 2.37. The number of piperidine rings is 1. The highest BCUT2D eigenvalue weighted by molar-refractivity contribution is 5.77. The Hall–Kier alpha value is -2.47. The van der Waals surface area contributed by atoms with Gasteiger partial charge in [-0.25, -0.2) is 0 Å². The molecule has 1 saturated carbocycles. The minimum Gasteiger partial charge on any atom is -0.419 e. The highest BCUT2D eigenvalue weighted by atomic mass is 16.5. The first-order valence-corrected chi connectivity index (χ1v) is 10.3. The van der Waals surface area contributed by atoms with Gasteiger partial charge in [0.15, 0.2) is 0 Å². The minimum atomic E-state index is 0.486. The summed E-state index contributed by atoms with van der Waals surface area (Å²) in [6, 6.07) is 9.96. The van der Waals surface area contributed by atoms with Crippen molar-refractivity contribution in [3.63, 3.8) is 0 Å². The number of aromatic nitrogens is 3. The summed E-state index contributed by atoms with van der Waals surface area (Å²) in [5.74, 6) is 3.62. The van der Waals surface area contributed by atoms with Gasteiger partial charge in [-0.1, -0.05) is 54.8 Å². The molecule has 146 valence electrons. The minimum absolute atomic E-state index is 0.486. The van der Waals surface area contributed by atoms with E-state index in [1.54, 1.807) is 0 Å². The van der Waals surface area contributed by atoms with Gasteiger partial charge in [0.05, 0.1) is 6.54 Å². The Labute approximate surface area is 164 Å². The van der Waals surface area contributed by atoms with Crippen LogP contribution in [0.1, 0.15) is 43.8 Å². The number of likely N-dealkylation sites (tertiary alicyclic amines) is 1. The van der Waals surface area contributed by atoms with Crippen LogP contribution in [0.25, 0.3) is 22.7 Å². The van der Waals surface area contributed by atoms with Gasteiger partial charge in [0, 0.05) is 12.1 Å². The van der Waals surface area contributed by atoms with Gasteiger partial charge in [-0.15, -0.1) is 10.2 Å². The van der Waals surface area contributed by atoms with Gasteiger partial charge in [0.2, 0.25) is 5.89 Å². The summed E-state index contributed by atoms with van der Waals surface area (Å²) in [6.07, 6.45) is 6.88. The van der Waals surface area contributed by atoms with Crippen LogP contribution < -0.4 is 0 Å². The lowest BCUT2D eigenvalue weighted by atomic mass is 9.75. The van der Waals surface area contributed by atoms with E-state index in [2.05, 4.69) is 20.3 Å². The molecule has 0 radical (unpaired) electrons. The molecule has 1 aromatic carbocycles. The molecule has 0 N–H and O–H groups in total. The maximum Gasteiger partial charge on any atom is 0.253 e. The predicted octanol–water partition coefficient (Wildman–Crippen LogP) is 4.71. The second kappa shape index (κ2) is 7.51. The Morgan fingerprint density at radius 3 is 2.71 bits per heavy atom. The molecule has 5 rings (SSSR count). The van der Waals surface area contributed by atoms with E-state index in [1.165, 1.54) is 32.1 Å². The van der Waals surface area contributed by atoms with Crippen molar-refractivity contribution in [3.05, 3.63) is 42.0 Å². The average Bonchev–Trinajstić information content (AvgIpc) is 3.34. The molecular formula is C22H26N4O2. The monoisotopic (exact) mass is 378 g/mol. The zero-order valence-corrected chi connectivity index (χ0v) is 16.3. The van der Waals surface area contributed by atoms with Crippen LogP contribution in [-0.2, 0) is 6.54 Å². The van der Waals surface area contributed by atoms with Gasteiger partial charge in [0.25, 0.3) is 5.89 Å². The summed E-state index contributed by atoms with van der Waals surface area (Å²) in [5.41, 5.74) is 2.51. The molecule has 1 saturated heterocycles. The van der Waals surface area contributed by atoms with Crippen molar-refractivity contribution >= 4 is 0 Å². The number of hydrogen-bond donors (Lipinski definition) is 0. The van der Waals surface area contributed by atoms with E-state index in [0.29, 0.717) is 17.5 Å². The number of rotatable bonds is 4. The van der Waals surface area contributed by atoms with Gasteiger partial charge in [-0.3, -0.25) is 4.90 Å². The van der Waals surface area contributed by atoms with E-state index >= 15 is 0 Å². The maximum absolute atomic E-state index is 6.05. The fraction of sp³-hybridized carbons (Fsp3) is 0.500. The van der Waals surface area contributed by atoms with E-state index in [-0.39, 0.29) is 0 Å². The van der Waals surface area contributed by atoms with Crippen LogP contribution in [0.2, 0.25) is 0 Å². The van der Waals surface area contributed by atoms with Crippen LogP contribution in [0, 0.1) is 18.8 Å². The Bertz CT molecular complexity index is 933. The maximum atomic E-state index is 6.05. The smallest absolute Gasteiger partial charge is 0.253 e. The quantitative estimate of drug-likeness (QED) is 0.655. The van der Waals surface area contributed by atoms with Crippen molar-refractivity contribution in [1.82, 2.24) is 20.3 Å². The fourth-order valence-electron chi connectivity index (χ4n) is 4.85. The molecule has 2 aromatic heterocycles. The molecule has 0 spiro atoms. The van der Waals surface area contributed by atoms with E-state index in [1.807, 2.05) is 37.3 Å². The summed E-state index contributed by atoms with van der Waals surface area (Å²) < 4.78 is 11.5. The standard InChI is InChI=1S/C22H26N4O2/c1-15-20(21(25-28-15)17-8-3-2-4-9-17)22-24-23-19(27-22)14-26-12-11-16-7-5-6-10-18(16)13-26/h2-4,8-9,16,18H,5-7,10-14H2,1H3/t16-,18+/m0/s1. The van der Waals surface area contributed by atoms with E-state index in [0.717, 1.165) is 48.3 Å². The number of fused-ring (bicyclic) bond motifs is 1. The van der Waals surface area contributed by atoms with Crippen molar-refractivity contribution in [2.45, 2.75) is 45.6 Å². The summed E-state index contributed by atoms with van der Waals surface area (Å²) >= 11 is 0. The molecule has 3 aromatic rings. The van der Waals surface area contributed by atoms with Gasteiger partial charge < -0.3 is 8.94 Å². The Kier molecular flexibility index (Phi) is 4.72. The Balaban J connectivity index is 1.34. The Morgan fingerprint density at radius 2 is 1.86 bits per heavy atom. The van der Waals surface area contributed by atoms with Gasteiger partial charge in [-0.2, -0.15) is 0 Å². The number of nitrogens with zero attached hydrogens (tertiary/aromatic N) is 4. The average molecular weight is 378 g/mol. The lowest BCUT2D eigenvalue weighted by Crippen LogP contribution is -2.41. The number of benzene rings is 1. The number of aryl methyl sites for hydroxylation is 1. The molecule has 2 atom stereocenters. The molecule has 2 fully saturated rings. The third-order valence-electron chi connectivity index (χ3n) is 6.32. The molecule has 3 heterocycles. The predicted molar refractivity (Wildman–Crippen MR) is 105 cm³/mol. The fourth-order valence-corrected chi connectivity index (χ4v) is 4.85. The first-order chi connectivity index (χ1) is 13.8. The van der Waals surface area contributed by atoms with Crippen LogP contribution in [0.5, 0.6) is 0 Å². The molecule has 28 heavy (non-hydrogen) atoms. The van der Waals surface area contributed by atoms with Crippen LogP contribution in [0.4, 0.5) is 0 Å². The van der Waals surface area contributed by atoms with E-state index in [4.69, 9.17) is 8.94 Å². The second-order valence-corrected chi connectivity index (χ2v) is 8.16. The van der Waals surface area contributed by atoms with Crippen LogP contribution in [-0.4, -0.2) is 33.3 Å². The highest BCUT2D eigenvalue weighted by Gasteiger charge is 2.31. The van der Waals surface area contributed by atoms with Crippen molar-refractivity contribution in [3.8, 4) is 22.7 Å². The number of hydrogen-bond acceptors (Lipinski definition) is 6. The molecule has 6 heteroatoms. The molecule has 0 unspecified atom stereocenters.